The van der Waals surface area contributed by atoms with Gasteiger partial charge in [0.1, 0.15) is 0 Å². The molecule has 0 fully saturated rings. The molecule has 0 spiro atoms. The highest BCUT2D eigenvalue weighted by molar-refractivity contribution is 7.56. The molecule has 0 amide bonds. The van der Waals surface area contributed by atoms with Crippen LogP contribution in [0.1, 0.15) is 26.2 Å². The maximum absolute atomic E-state index is 11.2. The second kappa shape index (κ2) is 6.99. The topological polar surface area (TPSA) is 81.9 Å². The lowest BCUT2D eigenvalue weighted by atomic mass is 10.3. The van der Waals surface area contributed by atoms with Gasteiger partial charge >= 0.3 is 0 Å². The van der Waals surface area contributed by atoms with Crippen molar-refractivity contribution in [3.63, 3.8) is 0 Å². The molecular formula is C9H20NO4P. The van der Waals surface area contributed by atoms with Gasteiger partial charge in [-0.3, -0.25) is 4.57 Å². The number of quaternary nitrogens is 1. The summed E-state index contributed by atoms with van der Waals surface area (Å²) in [6, 6.07) is 0. The van der Waals surface area contributed by atoms with Gasteiger partial charge in [-0.15, -0.1) is 0 Å². The molecule has 2 unspecified atom stereocenters. The van der Waals surface area contributed by atoms with E-state index in [9.17, 15) is 19.4 Å². The summed E-state index contributed by atoms with van der Waals surface area (Å²) in [5.41, 5.74) is 0. The number of rotatable bonds is 8. The molecule has 0 saturated carbocycles. The quantitative estimate of drug-likeness (QED) is 0.512. The van der Waals surface area contributed by atoms with Gasteiger partial charge in [0.2, 0.25) is 7.37 Å². The first-order chi connectivity index (χ1) is 6.85. The van der Waals surface area contributed by atoms with Crippen LogP contribution in [-0.2, 0) is 9.36 Å². The third-order valence-electron chi connectivity index (χ3n) is 2.08. The predicted molar refractivity (Wildman–Crippen MR) is 55.8 cm³/mol. The van der Waals surface area contributed by atoms with Crippen molar-refractivity contribution in [3.8, 4) is 0 Å². The van der Waals surface area contributed by atoms with Crippen LogP contribution in [0.25, 0.3) is 0 Å². The Kier molecular flexibility index (Phi) is 6.81. The molecule has 5 nitrogen and oxygen atoms in total. The van der Waals surface area contributed by atoms with Gasteiger partial charge in [0.25, 0.3) is 0 Å². The smallest absolute Gasteiger partial charge is 0.250 e. The summed E-state index contributed by atoms with van der Waals surface area (Å²) >= 11 is 0. The molecule has 2 N–H and O–H groups in total. The number of hydrogen-bond donors (Lipinski definition) is 2. The Morgan fingerprint density at radius 1 is 1.47 bits per heavy atom. The summed E-state index contributed by atoms with van der Waals surface area (Å²) in [7, 11) is -3.07. The van der Waals surface area contributed by atoms with Crippen LogP contribution in [0.4, 0.5) is 0 Å². The molecule has 0 bridgehead atoms. The minimum Gasteiger partial charge on any atom is -0.550 e. The molecule has 2 atom stereocenters. The predicted octanol–water partition coefficient (Wildman–Crippen LogP) is -1.33. The molecule has 0 aromatic rings. The number of carboxylic acids is 1. The first kappa shape index (κ1) is 14.6. The van der Waals surface area contributed by atoms with Crippen LogP contribution in [0.15, 0.2) is 0 Å². The molecule has 0 aliphatic carbocycles. The molecule has 0 rings (SSSR count). The summed E-state index contributed by atoms with van der Waals surface area (Å²) in [5, 5.41) is 10.3. The van der Waals surface area contributed by atoms with Gasteiger partial charge in [-0.1, -0.05) is 13.3 Å². The number of aliphatic carboxylic acids is 1. The number of carboxylic acid groups (broad SMARTS) is 1. The fourth-order valence-electron chi connectivity index (χ4n) is 1.40. The number of nitrogens with one attached hydrogen (secondary N) is 1. The zero-order chi connectivity index (χ0) is 11.9. The first-order valence-corrected chi connectivity index (χ1v) is 7.47. The van der Waals surface area contributed by atoms with E-state index in [1.54, 1.807) is 0 Å². The van der Waals surface area contributed by atoms with Crippen LogP contribution in [0.5, 0.6) is 0 Å². The van der Waals surface area contributed by atoms with Crippen molar-refractivity contribution < 1.29 is 24.3 Å². The fourth-order valence-corrected chi connectivity index (χ4v) is 2.55. The molecule has 0 aromatic heterocycles. The standard InChI is InChI=1S/C9H20NO4P/c1-3-4-6-10(7-5-9(11)12)8-15(2,13)14/h3-8H2,1-2H3,(H,11,12)(H,13,14). The Balaban J connectivity index is 4.06. The largest absolute Gasteiger partial charge is 0.550 e. The number of unbranched alkanes of at least 4 members (excludes halogenated alkanes) is 1. The highest BCUT2D eigenvalue weighted by atomic mass is 31.2. The molecule has 0 aliphatic heterocycles. The molecule has 15 heavy (non-hydrogen) atoms. The monoisotopic (exact) mass is 237 g/mol. The Morgan fingerprint density at radius 3 is 2.47 bits per heavy atom. The lowest BCUT2D eigenvalue weighted by molar-refractivity contribution is -0.888. The van der Waals surface area contributed by atoms with E-state index in [4.69, 9.17) is 0 Å². The summed E-state index contributed by atoms with van der Waals surface area (Å²) in [5.74, 6) is -1.10. The molecule has 0 heterocycles. The normalized spacial score (nSPS) is 17.0. The average molecular weight is 237 g/mol. The van der Waals surface area contributed by atoms with Gasteiger partial charge in [-0.2, -0.15) is 0 Å². The molecule has 6 heteroatoms. The summed E-state index contributed by atoms with van der Waals surface area (Å²) in [4.78, 5) is 20.4. The first-order valence-electron chi connectivity index (χ1n) is 5.18. The van der Waals surface area contributed by atoms with Gasteiger partial charge in [-0.05, 0) is 6.42 Å². The molecular weight excluding hydrogens is 217 g/mol. The molecule has 0 saturated heterocycles. The van der Waals surface area contributed by atoms with E-state index >= 15 is 0 Å². The van der Waals surface area contributed by atoms with Gasteiger partial charge < -0.3 is 19.7 Å². The van der Waals surface area contributed by atoms with E-state index < -0.39 is 13.3 Å². The molecule has 90 valence electrons. The molecule has 0 radical (unpaired) electrons. The van der Waals surface area contributed by atoms with Crippen molar-refractivity contribution in [3.05, 3.63) is 0 Å². The van der Waals surface area contributed by atoms with Crippen molar-refractivity contribution in [2.24, 2.45) is 0 Å². The van der Waals surface area contributed by atoms with Crippen molar-refractivity contribution >= 4 is 13.3 Å². The van der Waals surface area contributed by atoms with Crippen molar-refractivity contribution in [1.82, 2.24) is 0 Å². The number of hydrogen-bond acceptors (Lipinski definition) is 3. The van der Waals surface area contributed by atoms with E-state index in [0.29, 0.717) is 6.54 Å². The summed E-state index contributed by atoms with van der Waals surface area (Å²) in [6.07, 6.45) is 2.01. The van der Waals surface area contributed by atoms with Crippen LogP contribution in [0, 0.1) is 0 Å². The summed E-state index contributed by atoms with van der Waals surface area (Å²) < 4.78 is 11.2. The maximum Gasteiger partial charge on any atom is 0.250 e. The van der Waals surface area contributed by atoms with E-state index in [1.807, 2.05) is 6.92 Å². The minimum atomic E-state index is -3.07. The fraction of sp³-hybridized carbons (Fsp3) is 0.889. The SMILES string of the molecule is CCCC[NH+](CCC(=O)[O-])CP(C)(=O)O. The lowest BCUT2D eigenvalue weighted by Gasteiger charge is -2.20. The lowest BCUT2D eigenvalue weighted by Crippen LogP contribution is -3.12. The number of carbonyl (C=O) groups is 1. The Morgan fingerprint density at radius 2 is 2.07 bits per heavy atom. The zero-order valence-corrected chi connectivity index (χ0v) is 10.3. The van der Waals surface area contributed by atoms with Crippen molar-refractivity contribution in [1.29, 1.82) is 0 Å². The van der Waals surface area contributed by atoms with Gasteiger partial charge in [-0.25, -0.2) is 0 Å². The van der Waals surface area contributed by atoms with E-state index in [-0.39, 0.29) is 12.7 Å². The van der Waals surface area contributed by atoms with Gasteiger partial charge in [0.15, 0.2) is 6.29 Å². The van der Waals surface area contributed by atoms with Crippen LogP contribution >= 0.6 is 7.37 Å². The highest BCUT2D eigenvalue weighted by Crippen LogP contribution is 2.31. The molecule has 0 aromatic carbocycles. The Bertz CT molecular complexity index is 238. The third kappa shape index (κ3) is 9.91. The van der Waals surface area contributed by atoms with E-state index in [0.717, 1.165) is 24.3 Å². The minimum absolute atomic E-state index is 0.0565. The van der Waals surface area contributed by atoms with Crippen LogP contribution in [0.3, 0.4) is 0 Å². The maximum atomic E-state index is 11.2. The second-order valence-electron chi connectivity index (χ2n) is 3.93. The van der Waals surface area contributed by atoms with Gasteiger partial charge in [0, 0.05) is 19.1 Å². The van der Waals surface area contributed by atoms with E-state index in [2.05, 4.69) is 0 Å². The summed E-state index contributed by atoms with van der Waals surface area (Å²) in [6.45, 7) is 4.43. The van der Waals surface area contributed by atoms with Crippen LogP contribution in [-0.4, -0.2) is 36.9 Å². The van der Waals surface area contributed by atoms with Gasteiger partial charge in [0.05, 0.1) is 13.1 Å². The van der Waals surface area contributed by atoms with E-state index in [1.165, 1.54) is 6.66 Å². The van der Waals surface area contributed by atoms with Crippen molar-refractivity contribution in [2.45, 2.75) is 26.2 Å². The Hall–Kier alpha value is -0.380. The highest BCUT2D eigenvalue weighted by Gasteiger charge is 2.19. The number of carbonyl (C=O) groups excluding carboxylic acids is 1. The second-order valence-corrected chi connectivity index (χ2v) is 6.35. The third-order valence-corrected chi connectivity index (χ3v) is 3.12. The average Bonchev–Trinajstić information content (AvgIpc) is 2.07. The van der Waals surface area contributed by atoms with Crippen LogP contribution < -0.4 is 10.0 Å². The van der Waals surface area contributed by atoms with Crippen molar-refractivity contribution in [2.75, 3.05) is 26.0 Å². The molecule has 0 aliphatic rings. The van der Waals surface area contributed by atoms with Crippen LogP contribution in [0.2, 0.25) is 0 Å². The zero-order valence-electron chi connectivity index (χ0n) is 9.36. The Labute approximate surface area is 90.5 Å².